The van der Waals surface area contributed by atoms with Crippen molar-refractivity contribution in [2.75, 3.05) is 11.9 Å². The first-order valence-corrected chi connectivity index (χ1v) is 8.01. The lowest BCUT2D eigenvalue weighted by Gasteiger charge is -2.16. The third-order valence-corrected chi connectivity index (χ3v) is 3.26. The molecule has 21 heavy (non-hydrogen) atoms. The minimum Gasteiger partial charge on any atom is -0.370 e. The molecule has 0 aliphatic rings. The van der Waals surface area contributed by atoms with E-state index in [9.17, 15) is 4.79 Å². The van der Waals surface area contributed by atoms with Crippen LogP contribution in [0.1, 0.15) is 63.5 Å². The van der Waals surface area contributed by atoms with Gasteiger partial charge in [-0.1, -0.05) is 27.7 Å². The van der Waals surface area contributed by atoms with E-state index in [2.05, 4.69) is 50.2 Å². The molecule has 4 heteroatoms. The topological polar surface area (TPSA) is 54.0 Å². The SMILES string of the molecule is CCCNc1cc(C(=O)NC(C)CC(C)C)cc(CC)n1. The molecule has 1 aromatic rings. The molecule has 1 heterocycles. The molecule has 118 valence electrons. The van der Waals surface area contributed by atoms with Crippen LogP contribution < -0.4 is 10.6 Å². The molecule has 1 atom stereocenters. The van der Waals surface area contributed by atoms with Gasteiger partial charge in [-0.05, 0) is 44.2 Å². The third kappa shape index (κ3) is 6.15. The smallest absolute Gasteiger partial charge is 0.251 e. The third-order valence-electron chi connectivity index (χ3n) is 3.26. The van der Waals surface area contributed by atoms with Crippen molar-refractivity contribution in [2.24, 2.45) is 5.92 Å². The van der Waals surface area contributed by atoms with Crippen molar-refractivity contribution in [1.82, 2.24) is 10.3 Å². The first-order chi connectivity index (χ1) is 9.96. The van der Waals surface area contributed by atoms with Gasteiger partial charge in [0.25, 0.3) is 5.91 Å². The number of nitrogens with zero attached hydrogens (tertiary/aromatic N) is 1. The van der Waals surface area contributed by atoms with Crippen LogP contribution in [0.2, 0.25) is 0 Å². The number of carbonyl (C=O) groups excluding carboxylic acids is 1. The highest BCUT2D eigenvalue weighted by atomic mass is 16.1. The second-order valence-electron chi connectivity index (χ2n) is 6.02. The monoisotopic (exact) mass is 291 g/mol. The van der Waals surface area contributed by atoms with E-state index in [0.29, 0.717) is 11.5 Å². The van der Waals surface area contributed by atoms with Crippen LogP contribution in [0.4, 0.5) is 5.82 Å². The van der Waals surface area contributed by atoms with Gasteiger partial charge in [0.2, 0.25) is 0 Å². The lowest BCUT2D eigenvalue weighted by atomic mass is 10.0. The maximum Gasteiger partial charge on any atom is 0.251 e. The van der Waals surface area contributed by atoms with Crippen molar-refractivity contribution < 1.29 is 4.79 Å². The summed E-state index contributed by atoms with van der Waals surface area (Å²) in [5.41, 5.74) is 1.63. The Bertz CT molecular complexity index is 457. The minimum absolute atomic E-state index is 0.0141. The van der Waals surface area contributed by atoms with E-state index in [1.807, 2.05) is 12.1 Å². The summed E-state index contributed by atoms with van der Waals surface area (Å²) in [4.78, 5) is 16.9. The van der Waals surface area contributed by atoms with Crippen LogP contribution in [-0.4, -0.2) is 23.5 Å². The summed E-state index contributed by atoms with van der Waals surface area (Å²) in [7, 11) is 0. The fourth-order valence-electron chi connectivity index (χ4n) is 2.32. The van der Waals surface area contributed by atoms with Crippen molar-refractivity contribution >= 4 is 11.7 Å². The lowest BCUT2D eigenvalue weighted by molar-refractivity contribution is 0.0936. The zero-order valence-corrected chi connectivity index (χ0v) is 14.0. The van der Waals surface area contributed by atoms with E-state index in [4.69, 9.17) is 0 Å². The minimum atomic E-state index is -0.0141. The Balaban J connectivity index is 2.82. The first kappa shape index (κ1) is 17.5. The summed E-state index contributed by atoms with van der Waals surface area (Å²) >= 11 is 0. The van der Waals surface area contributed by atoms with Crippen molar-refractivity contribution in [3.63, 3.8) is 0 Å². The van der Waals surface area contributed by atoms with E-state index < -0.39 is 0 Å². The maximum absolute atomic E-state index is 12.4. The average Bonchev–Trinajstić information content (AvgIpc) is 2.43. The van der Waals surface area contributed by atoms with E-state index in [1.54, 1.807) is 0 Å². The zero-order valence-electron chi connectivity index (χ0n) is 14.0. The number of rotatable bonds is 8. The quantitative estimate of drug-likeness (QED) is 0.769. The van der Waals surface area contributed by atoms with Crippen LogP contribution in [0.25, 0.3) is 0 Å². The molecular formula is C17H29N3O. The predicted molar refractivity (Wildman–Crippen MR) is 88.8 cm³/mol. The molecule has 4 nitrogen and oxygen atoms in total. The standard InChI is InChI=1S/C17H29N3O/c1-6-8-18-16-11-14(10-15(7-2)20-16)17(21)19-13(5)9-12(3)4/h10-13H,6-9H2,1-5H3,(H,18,20)(H,19,21). The van der Waals surface area contributed by atoms with Crippen molar-refractivity contribution in [1.29, 1.82) is 0 Å². The summed E-state index contributed by atoms with van der Waals surface area (Å²) in [5.74, 6) is 1.35. The van der Waals surface area contributed by atoms with Gasteiger partial charge in [-0.2, -0.15) is 0 Å². The Morgan fingerprint density at radius 3 is 2.52 bits per heavy atom. The van der Waals surface area contributed by atoms with Crippen LogP contribution in [-0.2, 0) is 6.42 Å². The second-order valence-corrected chi connectivity index (χ2v) is 6.02. The molecule has 0 aliphatic heterocycles. The van der Waals surface area contributed by atoms with Gasteiger partial charge in [-0.3, -0.25) is 4.79 Å². The fourth-order valence-corrected chi connectivity index (χ4v) is 2.32. The number of hydrogen-bond acceptors (Lipinski definition) is 3. The number of aryl methyl sites for hydroxylation is 1. The Morgan fingerprint density at radius 1 is 1.24 bits per heavy atom. The fraction of sp³-hybridized carbons (Fsp3) is 0.647. The largest absolute Gasteiger partial charge is 0.370 e. The van der Waals surface area contributed by atoms with Gasteiger partial charge in [0.05, 0.1) is 0 Å². The Kier molecular flexibility index (Phi) is 7.20. The summed E-state index contributed by atoms with van der Waals surface area (Å²) in [6.07, 6.45) is 2.84. The normalized spacial score (nSPS) is 12.3. The predicted octanol–water partition coefficient (Wildman–Crippen LogP) is 3.63. The van der Waals surface area contributed by atoms with Gasteiger partial charge in [-0.15, -0.1) is 0 Å². The zero-order chi connectivity index (χ0) is 15.8. The number of nitrogens with one attached hydrogen (secondary N) is 2. The molecule has 0 saturated heterocycles. The van der Waals surface area contributed by atoms with Gasteiger partial charge in [0.15, 0.2) is 0 Å². The molecule has 1 rings (SSSR count). The molecule has 1 aromatic heterocycles. The highest BCUT2D eigenvalue weighted by molar-refractivity contribution is 5.95. The second kappa shape index (κ2) is 8.65. The van der Waals surface area contributed by atoms with Crippen LogP contribution in [0.5, 0.6) is 0 Å². The Morgan fingerprint density at radius 2 is 1.95 bits per heavy atom. The number of hydrogen-bond donors (Lipinski definition) is 2. The molecule has 2 N–H and O–H groups in total. The Hall–Kier alpha value is -1.58. The van der Waals surface area contributed by atoms with Gasteiger partial charge >= 0.3 is 0 Å². The van der Waals surface area contributed by atoms with Crippen LogP contribution >= 0.6 is 0 Å². The maximum atomic E-state index is 12.4. The Labute approximate surface area is 128 Å². The summed E-state index contributed by atoms with van der Waals surface area (Å²) in [5, 5.41) is 6.33. The molecule has 0 spiro atoms. The first-order valence-electron chi connectivity index (χ1n) is 8.01. The number of carbonyl (C=O) groups is 1. The molecule has 0 radical (unpaired) electrons. The molecule has 1 unspecified atom stereocenters. The molecular weight excluding hydrogens is 262 g/mol. The number of anilines is 1. The van der Waals surface area contributed by atoms with E-state index in [-0.39, 0.29) is 11.9 Å². The van der Waals surface area contributed by atoms with Crippen molar-refractivity contribution in [2.45, 2.75) is 59.9 Å². The molecule has 0 aliphatic carbocycles. The number of aromatic nitrogens is 1. The molecule has 0 fully saturated rings. The van der Waals surface area contributed by atoms with Crippen LogP contribution in [0.15, 0.2) is 12.1 Å². The van der Waals surface area contributed by atoms with Gasteiger partial charge < -0.3 is 10.6 Å². The van der Waals surface area contributed by atoms with Crippen molar-refractivity contribution in [3.8, 4) is 0 Å². The summed E-state index contributed by atoms with van der Waals surface area (Å²) in [6, 6.07) is 3.91. The van der Waals surface area contributed by atoms with E-state index in [1.165, 1.54) is 0 Å². The lowest BCUT2D eigenvalue weighted by Crippen LogP contribution is -2.33. The van der Waals surface area contributed by atoms with Crippen molar-refractivity contribution in [3.05, 3.63) is 23.4 Å². The van der Waals surface area contributed by atoms with Crippen LogP contribution in [0, 0.1) is 5.92 Å². The van der Waals surface area contributed by atoms with Gasteiger partial charge in [0.1, 0.15) is 5.82 Å². The van der Waals surface area contributed by atoms with Gasteiger partial charge in [0, 0.05) is 23.8 Å². The molecule has 1 amide bonds. The van der Waals surface area contributed by atoms with Crippen LogP contribution in [0.3, 0.4) is 0 Å². The number of pyridine rings is 1. The summed E-state index contributed by atoms with van der Waals surface area (Å²) in [6.45, 7) is 11.4. The molecule has 0 saturated carbocycles. The molecule has 0 bridgehead atoms. The van der Waals surface area contributed by atoms with Gasteiger partial charge in [-0.25, -0.2) is 4.98 Å². The molecule has 0 aromatic carbocycles. The highest BCUT2D eigenvalue weighted by Crippen LogP contribution is 2.12. The van der Waals surface area contributed by atoms with E-state index >= 15 is 0 Å². The van der Waals surface area contributed by atoms with E-state index in [0.717, 1.165) is 37.3 Å². The number of amides is 1. The highest BCUT2D eigenvalue weighted by Gasteiger charge is 2.13. The average molecular weight is 291 g/mol. The summed E-state index contributed by atoms with van der Waals surface area (Å²) < 4.78 is 0.